The van der Waals surface area contributed by atoms with Crippen LogP contribution >= 0.6 is 0 Å². The lowest BCUT2D eigenvalue weighted by Crippen LogP contribution is -1.62. The van der Waals surface area contributed by atoms with Crippen molar-refractivity contribution in [2.75, 3.05) is 0 Å². The van der Waals surface area contributed by atoms with E-state index in [2.05, 4.69) is 5.16 Å². The first-order valence-electron chi connectivity index (χ1n) is 2.90. The monoisotopic (exact) mass is 135 g/mol. The maximum Gasteiger partial charge on any atom is 0.170 e. The largest absolute Gasteiger partial charge is 0.472 e. The number of hydrogen-bond donors (Lipinski definition) is 0. The van der Waals surface area contributed by atoms with Crippen molar-refractivity contribution in [3.05, 3.63) is 30.9 Å². The Labute approximate surface area is 57.2 Å². The van der Waals surface area contributed by atoms with E-state index < -0.39 is 0 Å². The van der Waals surface area contributed by atoms with E-state index in [1.165, 1.54) is 0 Å². The molecule has 0 saturated heterocycles. The molecular weight excluding hydrogens is 130 g/mol. The summed E-state index contributed by atoms with van der Waals surface area (Å²) in [5.41, 5.74) is 0.914. The molecule has 0 N–H and O–H groups in total. The van der Waals surface area contributed by atoms with E-state index in [0.717, 1.165) is 11.3 Å². The maximum atomic E-state index is 4.87. The van der Waals surface area contributed by atoms with Gasteiger partial charge in [0, 0.05) is 6.07 Å². The zero-order valence-corrected chi connectivity index (χ0v) is 5.15. The normalized spacial score (nSPS) is 10.0. The van der Waals surface area contributed by atoms with Gasteiger partial charge < -0.3 is 8.94 Å². The summed E-state index contributed by atoms with van der Waals surface area (Å²) < 4.78 is 9.72. The van der Waals surface area contributed by atoms with Crippen LogP contribution in [-0.4, -0.2) is 5.16 Å². The summed E-state index contributed by atoms with van der Waals surface area (Å²) in [6.45, 7) is 0. The predicted molar refractivity (Wildman–Crippen MR) is 34.2 cm³/mol. The van der Waals surface area contributed by atoms with Crippen molar-refractivity contribution in [2.24, 2.45) is 0 Å². The molecule has 0 bridgehead atoms. The average Bonchev–Trinajstić information content (AvgIpc) is 2.59. The minimum atomic E-state index is 0.730. The molecule has 0 aliphatic heterocycles. The molecule has 0 aliphatic rings. The molecule has 0 fully saturated rings. The molecule has 0 saturated carbocycles. The summed E-state index contributed by atoms with van der Waals surface area (Å²) in [4.78, 5) is 0. The quantitative estimate of drug-likeness (QED) is 0.599. The van der Waals surface area contributed by atoms with E-state index in [4.69, 9.17) is 8.94 Å². The van der Waals surface area contributed by atoms with Crippen LogP contribution in [0.1, 0.15) is 0 Å². The van der Waals surface area contributed by atoms with E-state index in [9.17, 15) is 0 Å². The molecule has 3 heteroatoms. The highest BCUT2D eigenvalue weighted by Gasteiger charge is 2.00. The van der Waals surface area contributed by atoms with Crippen molar-refractivity contribution in [2.45, 2.75) is 0 Å². The van der Waals surface area contributed by atoms with Crippen LogP contribution < -0.4 is 0 Å². The molecular formula is C7H5NO2. The Kier molecular flexibility index (Phi) is 1.07. The number of nitrogens with zero attached hydrogens (tertiary/aromatic N) is 1. The second-order valence-corrected chi connectivity index (χ2v) is 1.89. The first-order valence-corrected chi connectivity index (χ1v) is 2.90. The Morgan fingerprint density at radius 2 is 2.30 bits per heavy atom. The van der Waals surface area contributed by atoms with Gasteiger partial charge in [-0.25, -0.2) is 0 Å². The molecule has 2 aromatic heterocycles. The number of furan rings is 1. The van der Waals surface area contributed by atoms with Gasteiger partial charge in [0.2, 0.25) is 0 Å². The van der Waals surface area contributed by atoms with Crippen LogP contribution in [0.5, 0.6) is 0 Å². The lowest BCUT2D eigenvalue weighted by atomic mass is 10.3. The minimum Gasteiger partial charge on any atom is -0.472 e. The molecule has 0 atom stereocenters. The van der Waals surface area contributed by atoms with Crippen LogP contribution in [0.4, 0.5) is 0 Å². The molecule has 10 heavy (non-hydrogen) atoms. The summed E-state index contributed by atoms with van der Waals surface area (Å²) >= 11 is 0. The summed E-state index contributed by atoms with van der Waals surface area (Å²) in [6, 6.07) is 3.60. The minimum absolute atomic E-state index is 0.730. The van der Waals surface area contributed by atoms with Gasteiger partial charge in [0.1, 0.15) is 6.26 Å². The highest BCUT2D eigenvalue weighted by molar-refractivity contribution is 5.53. The van der Waals surface area contributed by atoms with Crippen LogP contribution in [0.15, 0.2) is 39.8 Å². The van der Waals surface area contributed by atoms with Crippen molar-refractivity contribution in [3.63, 3.8) is 0 Å². The smallest absolute Gasteiger partial charge is 0.170 e. The number of rotatable bonds is 1. The first-order chi connectivity index (χ1) is 4.97. The molecule has 3 nitrogen and oxygen atoms in total. The van der Waals surface area contributed by atoms with Gasteiger partial charge in [0.25, 0.3) is 0 Å². The molecule has 0 aliphatic carbocycles. The van der Waals surface area contributed by atoms with Gasteiger partial charge >= 0.3 is 0 Å². The van der Waals surface area contributed by atoms with Gasteiger partial charge in [-0.3, -0.25) is 0 Å². The fraction of sp³-hybridized carbons (Fsp3) is 0. The number of hydrogen-bond acceptors (Lipinski definition) is 3. The standard InChI is InChI=1S/C7H5NO2/c1-3-8-10-7(1)6-2-4-9-5-6/h1-5H. The van der Waals surface area contributed by atoms with E-state index in [1.807, 2.05) is 6.07 Å². The highest BCUT2D eigenvalue weighted by atomic mass is 16.5. The first kappa shape index (κ1) is 5.29. The lowest BCUT2D eigenvalue weighted by molar-refractivity contribution is 0.431. The molecule has 2 heterocycles. The fourth-order valence-corrected chi connectivity index (χ4v) is 0.769. The SMILES string of the molecule is c1cc(-c2ccoc2)on1. The van der Waals surface area contributed by atoms with Crippen LogP contribution in [0, 0.1) is 0 Å². The van der Waals surface area contributed by atoms with Crippen LogP contribution in [0.3, 0.4) is 0 Å². The van der Waals surface area contributed by atoms with Crippen molar-refractivity contribution >= 4 is 0 Å². The van der Waals surface area contributed by atoms with Gasteiger partial charge in [0.15, 0.2) is 5.76 Å². The van der Waals surface area contributed by atoms with E-state index in [1.54, 1.807) is 24.8 Å². The van der Waals surface area contributed by atoms with Crippen LogP contribution in [-0.2, 0) is 0 Å². The van der Waals surface area contributed by atoms with E-state index >= 15 is 0 Å². The zero-order valence-electron chi connectivity index (χ0n) is 5.15. The lowest BCUT2D eigenvalue weighted by Gasteiger charge is -1.81. The Morgan fingerprint density at radius 1 is 1.30 bits per heavy atom. The molecule has 50 valence electrons. The molecule has 2 rings (SSSR count). The maximum absolute atomic E-state index is 4.87. The molecule has 0 unspecified atom stereocenters. The Bertz CT molecular complexity index is 251. The summed E-state index contributed by atoms with van der Waals surface area (Å²) in [5, 5.41) is 3.56. The third-order valence-electron chi connectivity index (χ3n) is 1.24. The Hall–Kier alpha value is -1.51. The Morgan fingerprint density at radius 3 is 2.90 bits per heavy atom. The fourth-order valence-electron chi connectivity index (χ4n) is 0.769. The summed E-state index contributed by atoms with van der Waals surface area (Å²) in [5.74, 6) is 0.730. The van der Waals surface area contributed by atoms with Crippen molar-refractivity contribution in [1.82, 2.24) is 5.16 Å². The molecule has 0 radical (unpaired) electrons. The van der Waals surface area contributed by atoms with Gasteiger partial charge in [0.05, 0.1) is 18.0 Å². The average molecular weight is 135 g/mol. The third kappa shape index (κ3) is 0.719. The summed E-state index contributed by atoms with van der Waals surface area (Å²) in [6.07, 6.45) is 4.81. The van der Waals surface area contributed by atoms with Crippen molar-refractivity contribution < 1.29 is 8.94 Å². The zero-order chi connectivity index (χ0) is 6.81. The van der Waals surface area contributed by atoms with Gasteiger partial charge in [-0.15, -0.1) is 0 Å². The number of aromatic nitrogens is 1. The third-order valence-corrected chi connectivity index (χ3v) is 1.24. The van der Waals surface area contributed by atoms with Gasteiger partial charge in [-0.1, -0.05) is 5.16 Å². The molecule has 0 spiro atoms. The molecule has 0 amide bonds. The Balaban J connectivity index is 2.48. The second kappa shape index (κ2) is 2.02. The summed E-state index contributed by atoms with van der Waals surface area (Å²) in [7, 11) is 0. The van der Waals surface area contributed by atoms with Gasteiger partial charge in [-0.05, 0) is 6.07 Å². The van der Waals surface area contributed by atoms with Crippen molar-refractivity contribution in [3.8, 4) is 11.3 Å². The van der Waals surface area contributed by atoms with Crippen LogP contribution in [0.25, 0.3) is 11.3 Å². The topological polar surface area (TPSA) is 39.2 Å². The second-order valence-electron chi connectivity index (χ2n) is 1.89. The highest BCUT2D eigenvalue weighted by Crippen LogP contribution is 2.17. The predicted octanol–water partition coefficient (Wildman–Crippen LogP) is 1.93. The van der Waals surface area contributed by atoms with E-state index in [-0.39, 0.29) is 0 Å². The van der Waals surface area contributed by atoms with E-state index in [0.29, 0.717) is 0 Å². The molecule has 2 aromatic rings. The van der Waals surface area contributed by atoms with Crippen molar-refractivity contribution in [1.29, 1.82) is 0 Å². The van der Waals surface area contributed by atoms with Gasteiger partial charge in [-0.2, -0.15) is 0 Å². The molecule has 0 aromatic carbocycles. The van der Waals surface area contributed by atoms with Crippen LogP contribution in [0.2, 0.25) is 0 Å².